The number of hydrogen-bond donors (Lipinski definition) is 3. The minimum atomic E-state index is -0.523. The largest absolute Gasteiger partial charge is 0.286 e. The quantitative estimate of drug-likeness (QED) is 0.221. The van der Waals surface area contributed by atoms with E-state index < -0.39 is 5.92 Å². The lowest BCUT2D eigenvalue weighted by Gasteiger charge is -2.19. The zero-order chi connectivity index (χ0) is 20.2. The van der Waals surface area contributed by atoms with Crippen molar-refractivity contribution in [3.8, 4) is 0 Å². The van der Waals surface area contributed by atoms with Gasteiger partial charge in [-0.1, -0.05) is 32.3 Å². The van der Waals surface area contributed by atoms with Crippen molar-refractivity contribution in [3.63, 3.8) is 0 Å². The Morgan fingerprint density at radius 3 is 2.71 bits per heavy atom. The summed E-state index contributed by atoms with van der Waals surface area (Å²) in [5.41, 5.74) is 6.94. The molecular formula is C19H26N6O3. The van der Waals surface area contributed by atoms with Gasteiger partial charge in [0.15, 0.2) is 5.82 Å². The standard InChI is InChI=1S/C19H26N6O3/c1-2-3-4-7-15(13-25(28)14-26)19(27)24-23-18-10-9-17(21-22-18)12-16-8-5-6-11-20-16/h5-6,8-11,14-15,28H,2-4,7,12-13H2,1H3,(H,22,23)(H,24,27)/t15-/m1/s1. The van der Waals surface area contributed by atoms with E-state index in [2.05, 4.69) is 33.0 Å². The number of hydrazine groups is 1. The van der Waals surface area contributed by atoms with Crippen molar-refractivity contribution in [1.82, 2.24) is 25.7 Å². The molecule has 0 unspecified atom stereocenters. The predicted octanol–water partition coefficient (Wildman–Crippen LogP) is 1.95. The highest BCUT2D eigenvalue weighted by molar-refractivity contribution is 5.80. The van der Waals surface area contributed by atoms with E-state index in [4.69, 9.17) is 0 Å². The third kappa shape index (κ3) is 7.28. The molecule has 0 saturated carbocycles. The number of carbonyl (C=O) groups is 2. The topological polar surface area (TPSA) is 120 Å². The monoisotopic (exact) mass is 386 g/mol. The van der Waals surface area contributed by atoms with Gasteiger partial charge in [-0.05, 0) is 30.7 Å². The Morgan fingerprint density at radius 2 is 2.07 bits per heavy atom. The molecule has 0 bridgehead atoms. The van der Waals surface area contributed by atoms with Gasteiger partial charge in [0.25, 0.3) is 0 Å². The van der Waals surface area contributed by atoms with Crippen LogP contribution in [0.4, 0.5) is 5.82 Å². The number of carbonyl (C=O) groups excluding carboxylic acids is 2. The van der Waals surface area contributed by atoms with Gasteiger partial charge in [0, 0.05) is 18.3 Å². The van der Waals surface area contributed by atoms with E-state index in [0.29, 0.717) is 30.1 Å². The Labute approximate surface area is 164 Å². The molecule has 3 N–H and O–H groups in total. The average molecular weight is 386 g/mol. The summed E-state index contributed by atoms with van der Waals surface area (Å²) >= 11 is 0. The zero-order valence-corrected chi connectivity index (χ0v) is 15.9. The number of hydrogen-bond acceptors (Lipinski definition) is 7. The highest BCUT2D eigenvalue weighted by Crippen LogP contribution is 2.12. The number of pyridine rings is 1. The first-order chi connectivity index (χ1) is 13.6. The van der Waals surface area contributed by atoms with E-state index in [1.807, 2.05) is 18.2 Å². The first-order valence-corrected chi connectivity index (χ1v) is 9.31. The van der Waals surface area contributed by atoms with Gasteiger partial charge in [0.1, 0.15) is 0 Å². The molecule has 0 aliphatic heterocycles. The molecule has 150 valence electrons. The SMILES string of the molecule is CCCCC[C@H](CN(O)C=O)C(=O)NNc1ccc(Cc2ccccn2)nn1. The Balaban J connectivity index is 1.87. The number of hydroxylamine groups is 2. The van der Waals surface area contributed by atoms with Crippen molar-refractivity contribution in [2.45, 2.75) is 39.0 Å². The third-order valence-corrected chi connectivity index (χ3v) is 4.18. The number of amides is 2. The van der Waals surface area contributed by atoms with Crippen LogP contribution in [0.5, 0.6) is 0 Å². The molecule has 2 heterocycles. The molecule has 2 aromatic heterocycles. The fourth-order valence-electron chi connectivity index (χ4n) is 2.65. The van der Waals surface area contributed by atoms with Gasteiger partial charge < -0.3 is 0 Å². The first kappa shape index (κ1) is 21.2. The van der Waals surface area contributed by atoms with Gasteiger partial charge in [-0.2, -0.15) is 5.10 Å². The Hall–Kier alpha value is -3.07. The van der Waals surface area contributed by atoms with E-state index in [1.54, 1.807) is 18.3 Å². The maximum absolute atomic E-state index is 12.4. The lowest BCUT2D eigenvalue weighted by molar-refractivity contribution is -0.154. The summed E-state index contributed by atoms with van der Waals surface area (Å²) in [6.45, 7) is 2.01. The molecule has 1 atom stereocenters. The van der Waals surface area contributed by atoms with E-state index in [-0.39, 0.29) is 12.5 Å². The summed E-state index contributed by atoms with van der Waals surface area (Å²) in [5, 5.41) is 18.1. The van der Waals surface area contributed by atoms with Gasteiger partial charge in [-0.15, -0.1) is 5.10 Å². The lowest BCUT2D eigenvalue weighted by atomic mass is 10.0. The fourth-order valence-corrected chi connectivity index (χ4v) is 2.65. The van der Waals surface area contributed by atoms with Gasteiger partial charge in [0.2, 0.25) is 12.3 Å². The molecule has 2 aromatic rings. The summed E-state index contributed by atoms with van der Waals surface area (Å²) in [7, 11) is 0. The number of nitrogens with zero attached hydrogens (tertiary/aromatic N) is 4. The number of nitrogens with one attached hydrogen (secondary N) is 2. The first-order valence-electron chi connectivity index (χ1n) is 9.31. The molecule has 0 saturated heterocycles. The van der Waals surface area contributed by atoms with E-state index in [1.165, 1.54) is 0 Å². The number of anilines is 1. The molecule has 2 amide bonds. The maximum atomic E-state index is 12.4. The lowest BCUT2D eigenvalue weighted by Crippen LogP contribution is -2.40. The summed E-state index contributed by atoms with van der Waals surface area (Å²) in [5.74, 6) is -0.455. The van der Waals surface area contributed by atoms with Crippen LogP contribution < -0.4 is 10.9 Å². The van der Waals surface area contributed by atoms with Crippen molar-refractivity contribution in [2.24, 2.45) is 5.92 Å². The average Bonchev–Trinajstić information content (AvgIpc) is 2.73. The molecule has 0 spiro atoms. The van der Waals surface area contributed by atoms with Crippen molar-refractivity contribution in [2.75, 3.05) is 12.0 Å². The Kier molecular flexibility index (Phi) is 8.80. The molecule has 0 aliphatic rings. The van der Waals surface area contributed by atoms with Crippen LogP contribution in [0, 0.1) is 5.92 Å². The van der Waals surface area contributed by atoms with Crippen LogP contribution in [-0.4, -0.2) is 44.3 Å². The summed E-state index contributed by atoms with van der Waals surface area (Å²) in [6.07, 6.45) is 5.99. The maximum Gasteiger partial charge on any atom is 0.243 e. The highest BCUT2D eigenvalue weighted by Gasteiger charge is 2.20. The smallest absolute Gasteiger partial charge is 0.243 e. The number of aromatic nitrogens is 3. The van der Waals surface area contributed by atoms with Crippen molar-refractivity contribution in [3.05, 3.63) is 47.9 Å². The van der Waals surface area contributed by atoms with Crippen LogP contribution in [0.15, 0.2) is 36.5 Å². The molecule has 9 nitrogen and oxygen atoms in total. The van der Waals surface area contributed by atoms with Gasteiger partial charge in [-0.3, -0.25) is 30.6 Å². The van der Waals surface area contributed by atoms with Gasteiger partial charge >= 0.3 is 0 Å². The normalized spacial score (nSPS) is 11.5. The molecule has 0 radical (unpaired) electrons. The number of unbranched alkanes of at least 4 members (excludes halogenated alkanes) is 2. The van der Waals surface area contributed by atoms with Crippen LogP contribution in [0.2, 0.25) is 0 Å². The van der Waals surface area contributed by atoms with E-state index >= 15 is 0 Å². The summed E-state index contributed by atoms with van der Waals surface area (Å²) < 4.78 is 0. The van der Waals surface area contributed by atoms with Crippen LogP contribution in [0.25, 0.3) is 0 Å². The second kappa shape index (κ2) is 11.6. The van der Waals surface area contributed by atoms with E-state index in [0.717, 1.165) is 30.7 Å². The Bertz CT molecular complexity index is 726. The van der Waals surface area contributed by atoms with Gasteiger partial charge in [0.05, 0.1) is 18.2 Å². The number of rotatable bonds is 12. The predicted molar refractivity (Wildman–Crippen MR) is 103 cm³/mol. The minimum Gasteiger partial charge on any atom is -0.286 e. The summed E-state index contributed by atoms with van der Waals surface area (Å²) in [4.78, 5) is 27.3. The van der Waals surface area contributed by atoms with Gasteiger partial charge in [-0.25, -0.2) is 5.06 Å². The second-order valence-electron chi connectivity index (χ2n) is 6.44. The van der Waals surface area contributed by atoms with Crippen molar-refractivity contribution in [1.29, 1.82) is 0 Å². The van der Waals surface area contributed by atoms with E-state index in [9.17, 15) is 14.8 Å². The van der Waals surface area contributed by atoms with Crippen LogP contribution in [0.1, 0.15) is 44.0 Å². The minimum absolute atomic E-state index is 0.0601. The van der Waals surface area contributed by atoms with Crippen molar-refractivity contribution < 1.29 is 14.8 Å². The zero-order valence-electron chi connectivity index (χ0n) is 15.9. The molecule has 28 heavy (non-hydrogen) atoms. The fraction of sp³-hybridized carbons (Fsp3) is 0.421. The van der Waals surface area contributed by atoms with Crippen LogP contribution >= 0.6 is 0 Å². The molecule has 0 aliphatic carbocycles. The highest BCUT2D eigenvalue weighted by atomic mass is 16.5. The molecular weight excluding hydrogens is 360 g/mol. The third-order valence-electron chi connectivity index (χ3n) is 4.18. The molecule has 0 fully saturated rings. The molecule has 2 rings (SSSR count). The van der Waals surface area contributed by atoms with Crippen LogP contribution in [-0.2, 0) is 16.0 Å². The van der Waals surface area contributed by atoms with Crippen LogP contribution in [0.3, 0.4) is 0 Å². The molecule has 9 heteroatoms. The Morgan fingerprint density at radius 1 is 1.21 bits per heavy atom. The van der Waals surface area contributed by atoms with Crippen molar-refractivity contribution >= 4 is 18.1 Å². The second-order valence-corrected chi connectivity index (χ2v) is 6.44. The summed E-state index contributed by atoms with van der Waals surface area (Å²) in [6, 6.07) is 9.19. The molecule has 0 aromatic carbocycles.